The second-order valence-corrected chi connectivity index (χ2v) is 7.30. The van der Waals surface area contributed by atoms with Gasteiger partial charge >= 0.3 is 5.97 Å². The molecule has 1 saturated heterocycles. The van der Waals surface area contributed by atoms with E-state index in [4.69, 9.17) is 4.74 Å². The van der Waals surface area contributed by atoms with Gasteiger partial charge in [-0.1, -0.05) is 13.8 Å². The van der Waals surface area contributed by atoms with E-state index in [9.17, 15) is 9.90 Å². The molecule has 0 amide bonds. The average molecular weight is 289 g/mol. The van der Waals surface area contributed by atoms with E-state index in [1.807, 2.05) is 18.7 Å². The van der Waals surface area contributed by atoms with Crippen LogP contribution in [0.5, 0.6) is 0 Å². The first-order chi connectivity index (χ1) is 8.89. The van der Waals surface area contributed by atoms with Crippen molar-refractivity contribution in [1.29, 1.82) is 0 Å². The fourth-order valence-corrected chi connectivity index (χ4v) is 4.01. The molecule has 0 bridgehead atoms. The van der Waals surface area contributed by atoms with Crippen molar-refractivity contribution in [3.05, 3.63) is 0 Å². The SMILES string of the molecule is CCCNC(C)(CC(C)SC1CCOC1C)C(=O)O. The predicted molar refractivity (Wildman–Crippen MR) is 79.8 cm³/mol. The van der Waals surface area contributed by atoms with Crippen LogP contribution in [0.25, 0.3) is 0 Å². The Bertz CT molecular complexity index is 300. The second-order valence-electron chi connectivity index (χ2n) is 5.62. The molecule has 112 valence electrons. The number of nitrogens with one attached hydrogen (secondary N) is 1. The summed E-state index contributed by atoms with van der Waals surface area (Å²) in [7, 11) is 0. The van der Waals surface area contributed by atoms with Crippen molar-refractivity contribution in [2.45, 2.75) is 69.1 Å². The lowest BCUT2D eigenvalue weighted by Crippen LogP contribution is -2.51. The Balaban J connectivity index is 2.51. The molecule has 0 aliphatic carbocycles. The molecule has 1 rings (SSSR count). The number of rotatable bonds is 8. The number of hydrogen-bond acceptors (Lipinski definition) is 4. The van der Waals surface area contributed by atoms with Gasteiger partial charge in [0.1, 0.15) is 5.54 Å². The van der Waals surface area contributed by atoms with Gasteiger partial charge in [-0.3, -0.25) is 4.79 Å². The molecule has 1 heterocycles. The summed E-state index contributed by atoms with van der Waals surface area (Å²) < 4.78 is 5.56. The maximum absolute atomic E-state index is 11.5. The third-order valence-corrected chi connectivity index (χ3v) is 5.25. The summed E-state index contributed by atoms with van der Waals surface area (Å²) in [5.41, 5.74) is -0.828. The van der Waals surface area contributed by atoms with Crippen LogP contribution >= 0.6 is 11.8 Å². The van der Waals surface area contributed by atoms with Gasteiger partial charge in [-0.05, 0) is 39.7 Å². The van der Waals surface area contributed by atoms with E-state index >= 15 is 0 Å². The molecule has 1 aliphatic rings. The molecule has 19 heavy (non-hydrogen) atoms. The van der Waals surface area contributed by atoms with Crippen LogP contribution in [0.4, 0.5) is 0 Å². The number of carbonyl (C=O) groups is 1. The molecule has 0 aromatic heterocycles. The topological polar surface area (TPSA) is 58.6 Å². The van der Waals surface area contributed by atoms with E-state index in [1.165, 1.54) is 0 Å². The maximum atomic E-state index is 11.5. The van der Waals surface area contributed by atoms with Crippen molar-refractivity contribution in [2.24, 2.45) is 0 Å². The molecule has 0 aromatic carbocycles. The minimum Gasteiger partial charge on any atom is -0.480 e. The fraction of sp³-hybridized carbons (Fsp3) is 0.929. The lowest BCUT2D eigenvalue weighted by Gasteiger charge is -2.30. The first-order valence-electron chi connectivity index (χ1n) is 7.14. The van der Waals surface area contributed by atoms with Crippen molar-refractivity contribution in [1.82, 2.24) is 5.32 Å². The van der Waals surface area contributed by atoms with E-state index in [0.29, 0.717) is 16.9 Å². The zero-order valence-corrected chi connectivity index (χ0v) is 13.3. The molecule has 0 spiro atoms. The van der Waals surface area contributed by atoms with Crippen LogP contribution in [0.1, 0.15) is 47.0 Å². The summed E-state index contributed by atoms with van der Waals surface area (Å²) in [4.78, 5) is 11.5. The molecule has 1 aliphatic heterocycles. The molecule has 1 fully saturated rings. The first-order valence-corrected chi connectivity index (χ1v) is 8.09. The predicted octanol–water partition coefficient (Wildman–Crippen LogP) is 2.52. The van der Waals surface area contributed by atoms with Crippen LogP contribution in [0.2, 0.25) is 0 Å². The van der Waals surface area contributed by atoms with Gasteiger partial charge in [0, 0.05) is 17.1 Å². The van der Waals surface area contributed by atoms with Crippen LogP contribution in [0, 0.1) is 0 Å². The summed E-state index contributed by atoms with van der Waals surface area (Å²) in [5.74, 6) is -0.760. The van der Waals surface area contributed by atoms with E-state index in [-0.39, 0.29) is 6.10 Å². The average Bonchev–Trinajstić information content (AvgIpc) is 2.72. The largest absolute Gasteiger partial charge is 0.480 e. The highest BCUT2D eigenvalue weighted by Crippen LogP contribution is 2.32. The molecule has 5 heteroatoms. The van der Waals surface area contributed by atoms with Crippen molar-refractivity contribution in [3.63, 3.8) is 0 Å². The van der Waals surface area contributed by atoms with Crippen LogP contribution in [0.15, 0.2) is 0 Å². The molecule has 4 atom stereocenters. The summed E-state index contributed by atoms with van der Waals surface area (Å²) in [6.07, 6.45) is 2.93. The van der Waals surface area contributed by atoms with Crippen molar-refractivity contribution < 1.29 is 14.6 Å². The number of hydrogen-bond donors (Lipinski definition) is 2. The lowest BCUT2D eigenvalue weighted by atomic mass is 9.96. The number of carboxylic acids is 1. The standard InChI is InChI=1S/C14H27NO3S/c1-5-7-15-14(4,13(16)17)9-10(2)19-12-6-8-18-11(12)3/h10-12,15H,5-9H2,1-4H3,(H,16,17). The highest BCUT2D eigenvalue weighted by molar-refractivity contribution is 8.00. The summed E-state index contributed by atoms with van der Waals surface area (Å²) in [5, 5.41) is 13.4. The highest BCUT2D eigenvalue weighted by atomic mass is 32.2. The van der Waals surface area contributed by atoms with Gasteiger partial charge in [0.2, 0.25) is 0 Å². The van der Waals surface area contributed by atoms with Gasteiger partial charge < -0.3 is 15.2 Å². The molecule has 2 N–H and O–H groups in total. The van der Waals surface area contributed by atoms with E-state index < -0.39 is 11.5 Å². The number of thioether (sulfide) groups is 1. The van der Waals surface area contributed by atoms with E-state index in [0.717, 1.165) is 26.0 Å². The van der Waals surface area contributed by atoms with Crippen molar-refractivity contribution in [3.8, 4) is 0 Å². The van der Waals surface area contributed by atoms with Crippen LogP contribution in [0.3, 0.4) is 0 Å². The van der Waals surface area contributed by atoms with Crippen LogP contribution in [-0.4, -0.2) is 46.4 Å². The summed E-state index contributed by atoms with van der Waals surface area (Å²) in [6, 6.07) is 0. The molecule has 0 aromatic rings. The van der Waals surface area contributed by atoms with Gasteiger partial charge in [-0.2, -0.15) is 11.8 Å². The Hall–Kier alpha value is -0.260. The zero-order valence-electron chi connectivity index (χ0n) is 12.4. The normalized spacial score (nSPS) is 28.0. The van der Waals surface area contributed by atoms with Crippen LogP contribution < -0.4 is 5.32 Å². The Kier molecular flexibility index (Phi) is 6.63. The second kappa shape index (κ2) is 7.50. The lowest BCUT2D eigenvalue weighted by molar-refractivity contribution is -0.144. The molecule has 0 radical (unpaired) electrons. The third-order valence-electron chi connectivity index (χ3n) is 3.65. The quantitative estimate of drug-likeness (QED) is 0.719. The number of aliphatic carboxylic acids is 1. The molecular weight excluding hydrogens is 262 g/mol. The number of ether oxygens (including phenoxy) is 1. The van der Waals surface area contributed by atoms with Gasteiger partial charge in [-0.15, -0.1) is 0 Å². The smallest absolute Gasteiger partial charge is 0.323 e. The van der Waals surface area contributed by atoms with E-state index in [1.54, 1.807) is 6.92 Å². The first kappa shape index (κ1) is 16.8. The summed E-state index contributed by atoms with van der Waals surface area (Å²) in [6.45, 7) is 9.62. The van der Waals surface area contributed by atoms with Crippen LogP contribution in [-0.2, 0) is 9.53 Å². The highest BCUT2D eigenvalue weighted by Gasteiger charge is 2.35. The monoisotopic (exact) mass is 289 g/mol. The molecule has 4 unspecified atom stereocenters. The summed E-state index contributed by atoms with van der Waals surface area (Å²) >= 11 is 1.86. The van der Waals surface area contributed by atoms with Crippen molar-refractivity contribution >= 4 is 17.7 Å². The minimum atomic E-state index is -0.828. The molecular formula is C14H27NO3S. The number of carboxylic acid groups (broad SMARTS) is 1. The molecule has 4 nitrogen and oxygen atoms in total. The Morgan fingerprint density at radius 2 is 2.32 bits per heavy atom. The fourth-order valence-electron chi connectivity index (χ4n) is 2.45. The van der Waals surface area contributed by atoms with Gasteiger partial charge in [0.25, 0.3) is 0 Å². The minimum absolute atomic E-state index is 0.284. The Morgan fingerprint density at radius 3 is 2.79 bits per heavy atom. The molecule has 0 saturated carbocycles. The van der Waals surface area contributed by atoms with Crippen molar-refractivity contribution in [2.75, 3.05) is 13.2 Å². The Labute approximate surface area is 120 Å². The van der Waals surface area contributed by atoms with E-state index in [2.05, 4.69) is 19.2 Å². The zero-order chi connectivity index (χ0) is 14.5. The maximum Gasteiger partial charge on any atom is 0.323 e. The van der Waals surface area contributed by atoms with Gasteiger partial charge in [-0.25, -0.2) is 0 Å². The Morgan fingerprint density at radius 1 is 1.63 bits per heavy atom. The third kappa shape index (κ3) is 4.97. The van der Waals surface area contributed by atoms with Gasteiger partial charge in [0.05, 0.1) is 6.10 Å². The van der Waals surface area contributed by atoms with Gasteiger partial charge in [0.15, 0.2) is 0 Å².